The van der Waals surface area contributed by atoms with E-state index in [0.29, 0.717) is 0 Å². The minimum atomic E-state index is -0.502. The fraction of sp³-hybridized carbons (Fsp3) is 0.240. The highest BCUT2D eigenvalue weighted by Crippen LogP contribution is 2.40. The van der Waals surface area contributed by atoms with E-state index in [1.807, 2.05) is 27.7 Å². The molecule has 0 saturated carbocycles. The van der Waals surface area contributed by atoms with Crippen LogP contribution >= 0.6 is 0 Å². The van der Waals surface area contributed by atoms with Gasteiger partial charge in [-0.15, -0.1) is 0 Å². The van der Waals surface area contributed by atoms with Crippen LogP contribution in [0.3, 0.4) is 0 Å². The maximum absolute atomic E-state index is 13.4. The molecule has 0 bridgehead atoms. The van der Waals surface area contributed by atoms with Crippen LogP contribution in [0, 0.1) is 11.8 Å². The maximum Gasteiger partial charge on any atom is 0.204 e. The molecule has 1 aromatic heterocycles. The fourth-order valence-corrected chi connectivity index (χ4v) is 3.15. The van der Waals surface area contributed by atoms with E-state index in [1.165, 1.54) is 18.2 Å². The van der Waals surface area contributed by atoms with Gasteiger partial charge in [0, 0.05) is 12.1 Å². The first-order valence-corrected chi connectivity index (χ1v) is 10.0. The molecule has 2 aromatic carbocycles. The second kappa shape index (κ2) is 8.60. The molecule has 0 spiro atoms. The Morgan fingerprint density at radius 1 is 0.839 bits per heavy atom. The number of fused-ring (bicyclic) bond motifs is 1. The van der Waals surface area contributed by atoms with Gasteiger partial charge in [0.2, 0.25) is 5.43 Å². The average molecular weight is 422 g/mol. The van der Waals surface area contributed by atoms with E-state index in [-0.39, 0.29) is 68.3 Å². The topological polar surface area (TPSA) is 111 Å². The lowest BCUT2D eigenvalue weighted by atomic mass is 9.99. The monoisotopic (exact) mass is 422 g/mol. The van der Waals surface area contributed by atoms with E-state index in [9.17, 15) is 25.2 Å². The summed E-state index contributed by atoms with van der Waals surface area (Å²) in [6.07, 6.45) is 6.76. The molecule has 0 aliphatic heterocycles. The summed E-state index contributed by atoms with van der Waals surface area (Å²) in [5.74, 6) is -0.648. The predicted octanol–water partition coefficient (Wildman–Crippen LogP) is 5.62. The van der Waals surface area contributed by atoms with Gasteiger partial charge in [0.05, 0.1) is 16.7 Å². The highest BCUT2D eigenvalue weighted by molar-refractivity contribution is 5.93. The molecule has 1 heterocycles. The molecule has 4 N–H and O–H groups in total. The summed E-state index contributed by atoms with van der Waals surface area (Å²) in [7, 11) is 0. The summed E-state index contributed by atoms with van der Waals surface area (Å²) in [5.41, 5.74) is -0.0550. The van der Waals surface area contributed by atoms with Gasteiger partial charge in [0.1, 0.15) is 39.7 Å². The van der Waals surface area contributed by atoms with E-state index >= 15 is 0 Å². The molecule has 0 radical (unpaired) electrons. The second-order valence-electron chi connectivity index (χ2n) is 8.11. The smallest absolute Gasteiger partial charge is 0.204 e. The maximum atomic E-state index is 13.4. The van der Waals surface area contributed by atoms with Gasteiger partial charge in [-0.2, -0.15) is 0 Å². The minimum absolute atomic E-state index is 0.0223. The molecule has 3 rings (SSSR count). The predicted molar refractivity (Wildman–Crippen MR) is 122 cm³/mol. The third kappa shape index (κ3) is 4.43. The quantitative estimate of drug-likeness (QED) is 0.425. The Hall–Kier alpha value is -3.67. The van der Waals surface area contributed by atoms with E-state index < -0.39 is 5.43 Å². The average Bonchev–Trinajstić information content (AvgIpc) is 2.66. The molecule has 31 heavy (non-hydrogen) atoms. The molecule has 162 valence electrons. The van der Waals surface area contributed by atoms with Gasteiger partial charge in [0.15, 0.2) is 0 Å². The van der Waals surface area contributed by atoms with Gasteiger partial charge in [0.25, 0.3) is 0 Å². The molecule has 0 fully saturated rings. The van der Waals surface area contributed by atoms with Crippen molar-refractivity contribution in [3.63, 3.8) is 0 Å². The van der Waals surface area contributed by atoms with E-state index in [4.69, 9.17) is 4.42 Å². The Balaban J connectivity index is 2.41. The second-order valence-corrected chi connectivity index (χ2v) is 8.11. The number of benzene rings is 2. The number of allylic oxidation sites excluding steroid dienone is 2. The molecule has 0 saturated heterocycles. The highest BCUT2D eigenvalue weighted by Gasteiger charge is 2.22. The first kappa shape index (κ1) is 22.0. The first-order valence-electron chi connectivity index (χ1n) is 10.0. The van der Waals surface area contributed by atoms with Crippen LogP contribution in [0.1, 0.15) is 38.8 Å². The Morgan fingerprint density at radius 3 is 2.03 bits per heavy atom. The molecular weight excluding hydrogens is 396 g/mol. The van der Waals surface area contributed by atoms with Crippen molar-refractivity contribution >= 4 is 23.1 Å². The zero-order valence-corrected chi connectivity index (χ0v) is 17.9. The van der Waals surface area contributed by atoms with Crippen LogP contribution in [0.5, 0.6) is 23.0 Å². The third-order valence-corrected chi connectivity index (χ3v) is 4.73. The molecule has 6 nitrogen and oxygen atoms in total. The summed E-state index contributed by atoms with van der Waals surface area (Å²) in [4.78, 5) is 13.4. The van der Waals surface area contributed by atoms with Gasteiger partial charge >= 0.3 is 0 Å². The van der Waals surface area contributed by atoms with Crippen molar-refractivity contribution in [1.82, 2.24) is 0 Å². The van der Waals surface area contributed by atoms with Crippen molar-refractivity contribution in [3.05, 3.63) is 57.8 Å². The van der Waals surface area contributed by atoms with Crippen molar-refractivity contribution in [2.45, 2.75) is 27.7 Å². The number of rotatable bonds is 5. The van der Waals surface area contributed by atoms with Crippen LogP contribution in [-0.4, -0.2) is 20.4 Å². The molecular formula is C25H26O6. The Bertz CT molecular complexity index is 1250. The van der Waals surface area contributed by atoms with E-state index in [2.05, 4.69) is 0 Å². The lowest BCUT2D eigenvalue weighted by Gasteiger charge is -2.12. The molecule has 6 heteroatoms. The lowest BCUT2D eigenvalue weighted by Crippen LogP contribution is -2.08. The van der Waals surface area contributed by atoms with Crippen LogP contribution in [0.2, 0.25) is 0 Å². The molecule has 0 amide bonds. The summed E-state index contributed by atoms with van der Waals surface area (Å²) < 4.78 is 5.92. The van der Waals surface area contributed by atoms with Crippen molar-refractivity contribution in [2.75, 3.05) is 0 Å². The van der Waals surface area contributed by atoms with E-state index in [0.717, 1.165) is 6.07 Å². The van der Waals surface area contributed by atoms with Crippen LogP contribution in [-0.2, 0) is 0 Å². The Morgan fingerprint density at radius 2 is 1.45 bits per heavy atom. The molecule has 0 atom stereocenters. The lowest BCUT2D eigenvalue weighted by molar-refractivity contribution is 0.449. The fourth-order valence-electron chi connectivity index (χ4n) is 3.15. The van der Waals surface area contributed by atoms with Crippen molar-refractivity contribution in [3.8, 4) is 34.3 Å². The van der Waals surface area contributed by atoms with Gasteiger partial charge in [-0.25, -0.2) is 0 Å². The normalized spacial score (nSPS) is 12.2. The SMILES string of the molecule is CC(C)/C=C/c1c(O)cc2oc(-c3ccc(O)cc3O)c(/C=C/C(C)C)c(=O)c2c1O. The van der Waals surface area contributed by atoms with Crippen molar-refractivity contribution in [2.24, 2.45) is 11.8 Å². The highest BCUT2D eigenvalue weighted by atomic mass is 16.3. The molecule has 0 aliphatic rings. The molecule has 0 unspecified atom stereocenters. The molecule has 0 aliphatic carbocycles. The van der Waals surface area contributed by atoms with Crippen LogP contribution in [0.4, 0.5) is 0 Å². The molecule has 3 aromatic rings. The zero-order chi connectivity index (χ0) is 22.9. The van der Waals surface area contributed by atoms with Crippen molar-refractivity contribution < 1.29 is 24.8 Å². The van der Waals surface area contributed by atoms with E-state index in [1.54, 1.807) is 24.3 Å². The zero-order valence-electron chi connectivity index (χ0n) is 17.9. The summed E-state index contributed by atoms with van der Waals surface area (Å²) in [6.45, 7) is 7.79. The van der Waals surface area contributed by atoms with Gasteiger partial charge in [-0.3, -0.25) is 4.79 Å². The third-order valence-electron chi connectivity index (χ3n) is 4.73. The van der Waals surface area contributed by atoms with Crippen LogP contribution in [0.25, 0.3) is 34.4 Å². The minimum Gasteiger partial charge on any atom is -0.508 e. The number of phenolic OH excluding ortho intramolecular Hbond substituents is 4. The summed E-state index contributed by atoms with van der Waals surface area (Å²) >= 11 is 0. The number of hydrogen-bond acceptors (Lipinski definition) is 6. The summed E-state index contributed by atoms with van der Waals surface area (Å²) in [6, 6.07) is 5.21. The van der Waals surface area contributed by atoms with Crippen LogP contribution < -0.4 is 5.43 Å². The Kier molecular flexibility index (Phi) is 6.11. The van der Waals surface area contributed by atoms with Gasteiger partial charge in [-0.05, 0) is 24.0 Å². The van der Waals surface area contributed by atoms with Crippen LogP contribution in [0.15, 0.2) is 45.6 Å². The standard InChI is InChI=1S/C25H26O6/c1-13(2)5-8-16-20(28)12-21-22(23(16)29)24(30)18(9-6-14(3)4)25(31-21)17-10-7-15(26)11-19(17)27/h5-14,26-29H,1-4H3/b8-5+,9-6+. The Labute approximate surface area is 180 Å². The number of hydrogen-bond donors (Lipinski definition) is 4. The van der Waals surface area contributed by atoms with Crippen molar-refractivity contribution in [1.29, 1.82) is 0 Å². The summed E-state index contributed by atoms with van der Waals surface area (Å²) in [5, 5.41) is 41.1. The number of phenols is 4. The number of aromatic hydroxyl groups is 4. The van der Waals surface area contributed by atoms with Gasteiger partial charge < -0.3 is 24.8 Å². The largest absolute Gasteiger partial charge is 0.508 e. The van der Waals surface area contributed by atoms with Gasteiger partial charge in [-0.1, -0.05) is 52.0 Å². The first-order chi connectivity index (χ1) is 14.6.